The molecule has 2 aromatic rings. The van der Waals surface area contributed by atoms with Crippen LogP contribution in [0.1, 0.15) is 15.9 Å². The molecule has 0 aliphatic rings. The standard InChI is InChI=1S/C19H18O4/c20-18(17-9-5-2-6-10-17)11-12-19(21)23-14-13-22-15-16-7-3-1-4-8-16/h1-12H,13-15H2/b12-11-. The summed E-state index contributed by atoms with van der Waals surface area (Å²) in [6.07, 6.45) is 2.34. The summed E-state index contributed by atoms with van der Waals surface area (Å²) in [6, 6.07) is 18.5. The summed E-state index contributed by atoms with van der Waals surface area (Å²) in [4.78, 5) is 23.3. The Labute approximate surface area is 135 Å². The number of allylic oxidation sites excluding steroid dienone is 1. The van der Waals surface area contributed by atoms with Gasteiger partial charge in [0.05, 0.1) is 13.2 Å². The Morgan fingerprint density at radius 2 is 1.48 bits per heavy atom. The van der Waals surface area contributed by atoms with E-state index in [0.717, 1.165) is 11.6 Å². The molecule has 0 aliphatic carbocycles. The van der Waals surface area contributed by atoms with Gasteiger partial charge in [-0.25, -0.2) is 4.79 Å². The zero-order valence-corrected chi connectivity index (χ0v) is 12.7. The summed E-state index contributed by atoms with van der Waals surface area (Å²) in [7, 11) is 0. The minimum Gasteiger partial charge on any atom is -0.460 e. The molecule has 0 aromatic heterocycles. The lowest BCUT2D eigenvalue weighted by molar-refractivity contribution is -0.139. The number of carbonyl (C=O) groups excluding carboxylic acids is 2. The first kappa shape index (κ1) is 16.6. The van der Waals surface area contributed by atoms with E-state index in [2.05, 4.69) is 0 Å². The normalized spacial score (nSPS) is 10.6. The molecule has 2 aromatic carbocycles. The van der Waals surface area contributed by atoms with Crippen molar-refractivity contribution in [1.82, 2.24) is 0 Å². The molecular weight excluding hydrogens is 292 g/mol. The van der Waals surface area contributed by atoms with Crippen molar-refractivity contribution in [3.05, 3.63) is 83.9 Å². The van der Waals surface area contributed by atoms with Gasteiger partial charge in [0.25, 0.3) is 0 Å². The largest absolute Gasteiger partial charge is 0.460 e. The maximum Gasteiger partial charge on any atom is 0.330 e. The van der Waals surface area contributed by atoms with Crippen LogP contribution >= 0.6 is 0 Å². The molecule has 0 atom stereocenters. The highest BCUT2D eigenvalue weighted by Gasteiger charge is 2.02. The number of benzene rings is 2. The maximum atomic E-state index is 11.8. The Morgan fingerprint density at radius 3 is 2.17 bits per heavy atom. The Kier molecular flexibility index (Phi) is 6.75. The molecule has 0 bridgehead atoms. The molecule has 0 saturated carbocycles. The molecule has 4 nitrogen and oxygen atoms in total. The first-order chi connectivity index (χ1) is 11.3. The lowest BCUT2D eigenvalue weighted by Crippen LogP contribution is -2.09. The topological polar surface area (TPSA) is 52.6 Å². The third kappa shape index (κ3) is 6.28. The molecule has 0 amide bonds. The van der Waals surface area contributed by atoms with Crippen LogP contribution in [0.3, 0.4) is 0 Å². The van der Waals surface area contributed by atoms with Crippen molar-refractivity contribution >= 4 is 11.8 Å². The molecule has 0 aliphatic heterocycles. The monoisotopic (exact) mass is 310 g/mol. The molecule has 0 unspecified atom stereocenters. The van der Waals surface area contributed by atoms with Crippen molar-refractivity contribution < 1.29 is 19.1 Å². The van der Waals surface area contributed by atoms with Gasteiger partial charge in [-0.2, -0.15) is 0 Å². The summed E-state index contributed by atoms with van der Waals surface area (Å²) < 4.78 is 10.4. The van der Waals surface area contributed by atoms with Gasteiger partial charge in [0.15, 0.2) is 5.78 Å². The molecule has 0 spiro atoms. The SMILES string of the molecule is O=C(/C=C\C(=O)c1ccccc1)OCCOCc1ccccc1. The van der Waals surface area contributed by atoms with Crippen LogP contribution in [0.25, 0.3) is 0 Å². The average molecular weight is 310 g/mol. The summed E-state index contributed by atoms with van der Waals surface area (Å²) in [6.45, 7) is 0.928. The van der Waals surface area contributed by atoms with Crippen LogP contribution in [-0.4, -0.2) is 25.0 Å². The second-order valence-corrected chi connectivity index (χ2v) is 4.77. The van der Waals surface area contributed by atoms with E-state index in [1.165, 1.54) is 6.08 Å². The number of ketones is 1. The van der Waals surface area contributed by atoms with E-state index >= 15 is 0 Å². The van der Waals surface area contributed by atoms with Crippen LogP contribution in [0.5, 0.6) is 0 Å². The zero-order valence-electron chi connectivity index (χ0n) is 12.7. The van der Waals surface area contributed by atoms with Gasteiger partial charge in [-0.3, -0.25) is 4.79 Å². The first-order valence-corrected chi connectivity index (χ1v) is 7.31. The van der Waals surface area contributed by atoms with E-state index < -0.39 is 5.97 Å². The molecule has 0 fully saturated rings. The van der Waals surface area contributed by atoms with E-state index in [1.54, 1.807) is 24.3 Å². The molecule has 0 N–H and O–H groups in total. The fraction of sp³-hybridized carbons (Fsp3) is 0.158. The Morgan fingerprint density at radius 1 is 0.826 bits per heavy atom. The summed E-state index contributed by atoms with van der Waals surface area (Å²) in [5.74, 6) is -0.791. The van der Waals surface area contributed by atoms with Crippen molar-refractivity contribution in [2.45, 2.75) is 6.61 Å². The molecule has 0 saturated heterocycles. The fourth-order valence-corrected chi connectivity index (χ4v) is 1.86. The Hall–Kier alpha value is -2.72. The molecule has 0 radical (unpaired) electrons. The molecule has 4 heteroatoms. The van der Waals surface area contributed by atoms with Gasteiger partial charge in [-0.1, -0.05) is 60.7 Å². The average Bonchev–Trinajstić information content (AvgIpc) is 2.61. The van der Waals surface area contributed by atoms with Crippen LogP contribution in [-0.2, 0) is 20.9 Å². The van der Waals surface area contributed by atoms with Crippen molar-refractivity contribution in [2.75, 3.05) is 13.2 Å². The van der Waals surface area contributed by atoms with Crippen LogP contribution in [0.15, 0.2) is 72.8 Å². The summed E-state index contributed by atoms with van der Waals surface area (Å²) >= 11 is 0. The van der Waals surface area contributed by atoms with E-state index in [-0.39, 0.29) is 12.4 Å². The number of esters is 1. The predicted octanol–water partition coefficient (Wildman–Crippen LogP) is 3.19. The van der Waals surface area contributed by atoms with Gasteiger partial charge < -0.3 is 9.47 Å². The maximum absolute atomic E-state index is 11.8. The Bertz CT molecular complexity index is 648. The zero-order chi connectivity index (χ0) is 16.3. The minimum absolute atomic E-state index is 0.148. The highest BCUT2D eigenvalue weighted by atomic mass is 16.6. The van der Waals surface area contributed by atoms with Gasteiger partial charge in [0, 0.05) is 11.6 Å². The second kappa shape index (κ2) is 9.33. The van der Waals surface area contributed by atoms with Crippen LogP contribution in [0.2, 0.25) is 0 Å². The third-order valence-corrected chi connectivity index (χ3v) is 3.01. The highest BCUT2D eigenvalue weighted by molar-refractivity contribution is 6.06. The number of hydrogen-bond donors (Lipinski definition) is 0. The first-order valence-electron chi connectivity index (χ1n) is 7.31. The van der Waals surface area contributed by atoms with Gasteiger partial charge in [0.2, 0.25) is 0 Å². The minimum atomic E-state index is -0.558. The third-order valence-electron chi connectivity index (χ3n) is 3.01. The molecule has 0 heterocycles. The van der Waals surface area contributed by atoms with Gasteiger partial charge in [0.1, 0.15) is 6.61 Å². The molecular formula is C19H18O4. The van der Waals surface area contributed by atoms with Crippen molar-refractivity contribution in [1.29, 1.82) is 0 Å². The molecule has 23 heavy (non-hydrogen) atoms. The summed E-state index contributed by atoms with van der Waals surface area (Å²) in [5, 5.41) is 0. The van der Waals surface area contributed by atoms with Crippen molar-refractivity contribution in [3.63, 3.8) is 0 Å². The van der Waals surface area contributed by atoms with Gasteiger partial charge >= 0.3 is 5.97 Å². The molecule has 2 rings (SSSR count). The van der Waals surface area contributed by atoms with Crippen LogP contribution < -0.4 is 0 Å². The van der Waals surface area contributed by atoms with E-state index in [0.29, 0.717) is 18.8 Å². The van der Waals surface area contributed by atoms with Crippen LogP contribution in [0, 0.1) is 0 Å². The summed E-state index contributed by atoms with van der Waals surface area (Å²) in [5.41, 5.74) is 1.59. The smallest absolute Gasteiger partial charge is 0.330 e. The predicted molar refractivity (Wildman–Crippen MR) is 87.0 cm³/mol. The van der Waals surface area contributed by atoms with Crippen LogP contribution in [0.4, 0.5) is 0 Å². The lowest BCUT2D eigenvalue weighted by Gasteiger charge is -2.04. The number of ether oxygens (including phenoxy) is 2. The quantitative estimate of drug-likeness (QED) is 0.325. The fourth-order valence-electron chi connectivity index (χ4n) is 1.86. The van der Waals surface area contributed by atoms with Gasteiger partial charge in [-0.05, 0) is 11.6 Å². The van der Waals surface area contributed by atoms with Crippen molar-refractivity contribution in [3.8, 4) is 0 Å². The van der Waals surface area contributed by atoms with E-state index in [9.17, 15) is 9.59 Å². The van der Waals surface area contributed by atoms with E-state index in [4.69, 9.17) is 9.47 Å². The lowest BCUT2D eigenvalue weighted by atomic mass is 10.1. The highest BCUT2D eigenvalue weighted by Crippen LogP contribution is 2.01. The van der Waals surface area contributed by atoms with E-state index in [1.807, 2.05) is 36.4 Å². The second-order valence-electron chi connectivity index (χ2n) is 4.77. The van der Waals surface area contributed by atoms with Gasteiger partial charge in [-0.15, -0.1) is 0 Å². The van der Waals surface area contributed by atoms with Crippen molar-refractivity contribution in [2.24, 2.45) is 0 Å². The number of rotatable bonds is 8. The number of carbonyl (C=O) groups is 2. The Balaban J connectivity index is 1.63. The molecule has 118 valence electrons. The number of hydrogen-bond acceptors (Lipinski definition) is 4.